The predicted octanol–water partition coefficient (Wildman–Crippen LogP) is 2.59. The van der Waals surface area contributed by atoms with E-state index in [-0.39, 0.29) is 5.95 Å². The first-order valence-electron chi connectivity index (χ1n) is 11.0. The molecule has 182 valence electrons. The maximum atomic E-state index is 13.1. The average Bonchev–Trinajstić information content (AvgIpc) is 2.79. The summed E-state index contributed by atoms with van der Waals surface area (Å²) < 4.78 is 45.1. The minimum atomic E-state index is -4.66. The molecule has 6 atom stereocenters. The molecule has 1 aromatic carbocycles. The van der Waals surface area contributed by atoms with E-state index in [2.05, 4.69) is 29.1 Å². The number of rotatable bonds is 8. The molecular formula is C23H30F3N3O4. The summed E-state index contributed by atoms with van der Waals surface area (Å²) >= 11 is 0. The minimum Gasteiger partial charge on any atom is -0.394 e. The molecule has 0 amide bonds. The number of nitrogens with one attached hydrogen (secondary N) is 1. The van der Waals surface area contributed by atoms with Gasteiger partial charge in [-0.15, -0.1) is 0 Å². The standard InChI is InChI=1S/C23H30F3N3O4/c1-3-13(2)10-14-6-4-5-7-15(14)11-16-19(21(32)20(31)17(12-30)33-16)29-22-27-9-8-18(28-22)23(24,25)26/h4-9,13,16-17,19-21,30-32H,3,10-12H2,1-2H3,(H,27,28,29)/t13?,16-,17-,19-,20+,21-/m1/s1. The smallest absolute Gasteiger partial charge is 0.394 e. The molecule has 3 rings (SSSR count). The molecule has 2 aromatic rings. The van der Waals surface area contributed by atoms with E-state index in [1.807, 2.05) is 24.3 Å². The maximum absolute atomic E-state index is 13.1. The molecule has 1 fully saturated rings. The number of aliphatic hydroxyl groups is 3. The highest BCUT2D eigenvalue weighted by molar-refractivity contribution is 5.32. The lowest BCUT2D eigenvalue weighted by molar-refractivity contribution is -0.184. The number of aliphatic hydroxyl groups excluding tert-OH is 3. The van der Waals surface area contributed by atoms with Crippen molar-refractivity contribution in [3.63, 3.8) is 0 Å². The number of halogens is 3. The van der Waals surface area contributed by atoms with E-state index in [0.717, 1.165) is 36.2 Å². The van der Waals surface area contributed by atoms with Gasteiger partial charge in [0, 0.05) is 12.6 Å². The summed E-state index contributed by atoms with van der Waals surface area (Å²) in [7, 11) is 0. The Morgan fingerprint density at radius 3 is 2.42 bits per heavy atom. The van der Waals surface area contributed by atoms with E-state index in [0.29, 0.717) is 12.3 Å². The Morgan fingerprint density at radius 1 is 1.09 bits per heavy atom. The van der Waals surface area contributed by atoms with Crippen LogP contribution in [0.15, 0.2) is 36.5 Å². The Hall–Kier alpha value is -2.27. The number of benzene rings is 1. The topological polar surface area (TPSA) is 108 Å². The average molecular weight is 470 g/mol. The number of ether oxygens (including phenoxy) is 1. The molecule has 1 unspecified atom stereocenters. The lowest BCUT2D eigenvalue weighted by Gasteiger charge is -2.43. The van der Waals surface area contributed by atoms with Crippen molar-refractivity contribution >= 4 is 5.95 Å². The summed E-state index contributed by atoms with van der Waals surface area (Å²) in [5.74, 6) is 0.105. The van der Waals surface area contributed by atoms with Gasteiger partial charge in [-0.2, -0.15) is 13.2 Å². The molecule has 1 aliphatic heterocycles. The second kappa shape index (κ2) is 10.8. The van der Waals surface area contributed by atoms with E-state index >= 15 is 0 Å². The third kappa shape index (κ3) is 6.20. The molecule has 33 heavy (non-hydrogen) atoms. The van der Waals surface area contributed by atoms with Crippen LogP contribution in [0.4, 0.5) is 19.1 Å². The summed E-state index contributed by atoms with van der Waals surface area (Å²) in [6.07, 6.45) is -6.21. The quantitative estimate of drug-likeness (QED) is 0.471. The molecule has 0 radical (unpaired) electrons. The van der Waals surface area contributed by atoms with Gasteiger partial charge in [0.05, 0.1) is 18.8 Å². The maximum Gasteiger partial charge on any atom is 0.433 e. The first-order chi connectivity index (χ1) is 15.6. The van der Waals surface area contributed by atoms with Crippen LogP contribution in [0.25, 0.3) is 0 Å². The van der Waals surface area contributed by atoms with E-state index in [1.54, 1.807) is 0 Å². The first-order valence-corrected chi connectivity index (χ1v) is 11.0. The largest absolute Gasteiger partial charge is 0.433 e. The van der Waals surface area contributed by atoms with Gasteiger partial charge in [-0.25, -0.2) is 9.97 Å². The van der Waals surface area contributed by atoms with Crippen LogP contribution in [0.1, 0.15) is 37.1 Å². The van der Waals surface area contributed by atoms with Crippen molar-refractivity contribution in [2.45, 2.75) is 69.7 Å². The predicted molar refractivity (Wildman–Crippen MR) is 116 cm³/mol. The van der Waals surface area contributed by atoms with Gasteiger partial charge in [0.15, 0.2) is 0 Å². The molecule has 1 aromatic heterocycles. The number of nitrogens with zero attached hydrogens (tertiary/aromatic N) is 2. The third-order valence-electron chi connectivity index (χ3n) is 6.08. The molecule has 7 nitrogen and oxygen atoms in total. The van der Waals surface area contributed by atoms with E-state index < -0.39 is 48.9 Å². The summed E-state index contributed by atoms with van der Waals surface area (Å²) in [6, 6.07) is 7.50. The minimum absolute atomic E-state index is 0.309. The van der Waals surface area contributed by atoms with E-state index in [1.165, 1.54) is 0 Å². The lowest BCUT2D eigenvalue weighted by Crippen LogP contribution is -2.61. The zero-order valence-electron chi connectivity index (χ0n) is 18.5. The zero-order chi connectivity index (χ0) is 24.2. The van der Waals surface area contributed by atoms with Gasteiger partial charge < -0.3 is 25.4 Å². The van der Waals surface area contributed by atoms with Crippen LogP contribution in [0, 0.1) is 5.92 Å². The summed E-state index contributed by atoms with van der Waals surface area (Å²) in [5, 5.41) is 33.4. The Morgan fingerprint density at radius 2 is 1.79 bits per heavy atom. The SMILES string of the molecule is CCC(C)Cc1ccccc1C[C@H]1O[C@H](CO)[C@H](O)[C@H](O)[C@@H]1Nc1nccc(C(F)(F)F)n1. The molecule has 10 heteroatoms. The molecule has 2 heterocycles. The van der Waals surface area contributed by atoms with E-state index in [4.69, 9.17) is 4.74 Å². The van der Waals surface area contributed by atoms with Gasteiger partial charge in [-0.3, -0.25) is 0 Å². The van der Waals surface area contributed by atoms with E-state index in [9.17, 15) is 28.5 Å². The molecule has 1 saturated heterocycles. The van der Waals surface area contributed by atoms with Crippen molar-refractivity contribution in [3.05, 3.63) is 53.3 Å². The van der Waals surface area contributed by atoms with Crippen molar-refractivity contribution in [1.29, 1.82) is 0 Å². The summed E-state index contributed by atoms with van der Waals surface area (Å²) in [4.78, 5) is 7.34. The van der Waals surface area contributed by atoms with Gasteiger partial charge in [0.2, 0.25) is 5.95 Å². The fourth-order valence-corrected chi connectivity index (χ4v) is 3.97. The lowest BCUT2D eigenvalue weighted by atomic mass is 9.87. The normalized spacial score (nSPS) is 26.7. The molecule has 0 saturated carbocycles. The summed E-state index contributed by atoms with van der Waals surface area (Å²) in [6.45, 7) is 3.73. The van der Waals surface area contributed by atoms with Gasteiger partial charge in [-0.1, -0.05) is 44.5 Å². The van der Waals surface area contributed by atoms with Crippen LogP contribution in [0.5, 0.6) is 0 Å². The van der Waals surface area contributed by atoms with Crippen LogP contribution < -0.4 is 5.32 Å². The fourth-order valence-electron chi connectivity index (χ4n) is 3.97. The highest BCUT2D eigenvalue weighted by atomic mass is 19.4. The van der Waals surface area contributed by atoms with Crippen molar-refractivity contribution in [2.24, 2.45) is 5.92 Å². The fraction of sp³-hybridized carbons (Fsp3) is 0.565. The van der Waals surface area contributed by atoms with Crippen molar-refractivity contribution in [2.75, 3.05) is 11.9 Å². The number of hydrogen-bond donors (Lipinski definition) is 4. The molecule has 4 N–H and O–H groups in total. The van der Waals surface area contributed by atoms with Crippen molar-refractivity contribution < 1.29 is 33.2 Å². The number of hydrogen-bond acceptors (Lipinski definition) is 7. The highest BCUT2D eigenvalue weighted by Crippen LogP contribution is 2.30. The second-order valence-electron chi connectivity index (χ2n) is 8.50. The zero-order valence-corrected chi connectivity index (χ0v) is 18.5. The Bertz CT molecular complexity index is 915. The van der Waals surface area contributed by atoms with Crippen LogP contribution >= 0.6 is 0 Å². The van der Waals surface area contributed by atoms with Crippen molar-refractivity contribution in [1.82, 2.24) is 9.97 Å². The van der Waals surface area contributed by atoms with Crippen LogP contribution in [-0.4, -0.2) is 62.4 Å². The van der Waals surface area contributed by atoms with Gasteiger partial charge in [-0.05, 0) is 29.5 Å². The van der Waals surface area contributed by atoms with Gasteiger partial charge in [0.1, 0.15) is 24.0 Å². The Balaban J connectivity index is 1.89. The first kappa shape index (κ1) is 25.4. The monoisotopic (exact) mass is 469 g/mol. The Kier molecular flexibility index (Phi) is 8.28. The van der Waals surface area contributed by atoms with Crippen LogP contribution in [0.2, 0.25) is 0 Å². The summed E-state index contributed by atoms with van der Waals surface area (Å²) in [5.41, 5.74) is 0.931. The van der Waals surface area contributed by atoms with Crippen LogP contribution in [0.3, 0.4) is 0 Å². The molecule has 0 spiro atoms. The second-order valence-corrected chi connectivity index (χ2v) is 8.50. The van der Waals surface area contributed by atoms with Gasteiger partial charge in [0.25, 0.3) is 0 Å². The number of aromatic nitrogens is 2. The third-order valence-corrected chi connectivity index (χ3v) is 6.08. The van der Waals surface area contributed by atoms with Crippen LogP contribution in [-0.2, 0) is 23.8 Å². The number of anilines is 1. The van der Waals surface area contributed by atoms with Crippen molar-refractivity contribution in [3.8, 4) is 0 Å². The molecule has 0 aliphatic carbocycles. The molecular weight excluding hydrogens is 439 g/mol. The molecule has 0 bridgehead atoms. The number of alkyl halides is 3. The van der Waals surface area contributed by atoms with Gasteiger partial charge >= 0.3 is 6.18 Å². The highest BCUT2D eigenvalue weighted by Gasteiger charge is 2.45. The molecule has 1 aliphatic rings. The Labute approximate surface area is 190 Å².